The molecule has 0 bridgehead atoms. The van der Waals surface area contributed by atoms with Crippen molar-refractivity contribution >= 4 is 17.3 Å². The Morgan fingerprint density at radius 2 is 1.95 bits per heavy atom. The molecule has 1 aliphatic heterocycles. The number of ether oxygens (including phenoxy) is 2. The van der Waals surface area contributed by atoms with Crippen molar-refractivity contribution in [2.75, 3.05) is 6.61 Å². The Labute approximate surface area is 217 Å². The fourth-order valence-corrected chi connectivity index (χ4v) is 4.45. The Bertz CT molecular complexity index is 1660. The molecule has 192 valence electrons. The van der Waals surface area contributed by atoms with E-state index in [2.05, 4.69) is 10.4 Å². The molecule has 0 aliphatic carbocycles. The number of imidazole rings is 1. The molecule has 0 unspecified atom stereocenters. The Morgan fingerprint density at radius 3 is 2.71 bits per heavy atom. The molecule has 0 saturated heterocycles. The molecule has 0 spiro atoms. The van der Waals surface area contributed by atoms with Crippen LogP contribution in [0, 0.1) is 5.82 Å². The molecular formula is C28H25FN6O3. The SMILES string of the molecule is CC(C)(C)OC(=O)N[C@H]1COc2cc(-n3c(-c4ccccc4F)nc4ccc(-n5cccn5)nc43)ccc21. The van der Waals surface area contributed by atoms with Gasteiger partial charge >= 0.3 is 6.09 Å². The standard InChI is InChI=1S/C28H25FN6O3/c1-28(2,3)38-27(36)32-22-16-37-23-15-17(9-10-19(22)23)35-25(18-7-4-5-8-20(18)29)31-21-11-12-24(33-26(21)35)34-14-6-13-30-34/h4-15,22H,16H2,1-3H3,(H,32,36)/t22-/m0/s1. The maximum absolute atomic E-state index is 14.9. The third kappa shape index (κ3) is 4.34. The molecule has 5 aromatic rings. The summed E-state index contributed by atoms with van der Waals surface area (Å²) in [5.41, 5.74) is 2.39. The number of rotatable bonds is 4. The number of fused-ring (bicyclic) bond motifs is 2. The lowest BCUT2D eigenvalue weighted by Gasteiger charge is -2.21. The van der Waals surface area contributed by atoms with Gasteiger partial charge in [-0.1, -0.05) is 18.2 Å². The van der Waals surface area contributed by atoms with Gasteiger partial charge in [-0.25, -0.2) is 23.8 Å². The van der Waals surface area contributed by atoms with E-state index in [0.29, 0.717) is 39.8 Å². The minimum absolute atomic E-state index is 0.268. The van der Waals surface area contributed by atoms with Gasteiger partial charge in [0.15, 0.2) is 11.5 Å². The molecule has 0 fully saturated rings. The van der Waals surface area contributed by atoms with Gasteiger partial charge < -0.3 is 14.8 Å². The molecule has 9 nitrogen and oxygen atoms in total. The Morgan fingerprint density at radius 1 is 1.11 bits per heavy atom. The van der Waals surface area contributed by atoms with Crippen molar-refractivity contribution in [2.45, 2.75) is 32.4 Å². The second kappa shape index (κ2) is 8.98. The number of nitrogens with zero attached hydrogens (tertiary/aromatic N) is 5. The molecule has 38 heavy (non-hydrogen) atoms. The van der Waals surface area contributed by atoms with Crippen LogP contribution in [0.4, 0.5) is 9.18 Å². The van der Waals surface area contributed by atoms with Gasteiger partial charge in [0, 0.05) is 24.0 Å². The molecule has 1 amide bonds. The van der Waals surface area contributed by atoms with Crippen LogP contribution >= 0.6 is 0 Å². The van der Waals surface area contributed by atoms with Crippen molar-refractivity contribution in [2.24, 2.45) is 0 Å². The summed E-state index contributed by atoms with van der Waals surface area (Å²) in [6.45, 7) is 5.70. The van der Waals surface area contributed by atoms with Crippen molar-refractivity contribution in [3.05, 3.63) is 84.4 Å². The highest BCUT2D eigenvalue weighted by Gasteiger charge is 2.29. The smallest absolute Gasteiger partial charge is 0.408 e. The van der Waals surface area contributed by atoms with Gasteiger partial charge in [0.25, 0.3) is 0 Å². The van der Waals surface area contributed by atoms with Gasteiger partial charge in [-0.05, 0) is 57.2 Å². The Kier molecular flexibility index (Phi) is 5.59. The molecule has 0 radical (unpaired) electrons. The third-order valence-electron chi connectivity index (χ3n) is 6.07. The second-order valence-electron chi connectivity index (χ2n) is 9.95. The van der Waals surface area contributed by atoms with Gasteiger partial charge in [0.05, 0.1) is 17.3 Å². The first-order valence-corrected chi connectivity index (χ1v) is 12.2. The number of carbonyl (C=O) groups excluding carboxylic acids is 1. The fourth-order valence-electron chi connectivity index (χ4n) is 4.45. The zero-order valence-corrected chi connectivity index (χ0v) is 21.1. The van der Waals surface area contributed by atoms with Crippen LogP contribution in [-0.4, -0.2) is 42.6 Å². The van der Waals surface area contributed by atoms with Crippen LogP contribution in [0.2, 0.25) is 0 Å². The first-order chi connectivity index (χ1) is 18.3. The summed E-state index contributed by atoms with van der Waals surface area (Å²) in [5, 5.41) is 7.14. The molecule has 1 N–H and O–H groups in total. The first kappa shape index (κ1) is 23.7. The van der Waals surface area contributed by atoms with Crippen molar-refractivity contribution in [1.29, 1.82) is 0 Å². The zero-order valence-electron chi connectivity index (χ0n) is 21.1. The predicted octanol–water partition coefficient (Wildman–Crippen LogP) is 5.37. The van der Waals surface area contributed by atoms with E-state index in [9.17, 15) is 9.18 Å². The molecule has 3 aromatic heterocycles. The number of alkyl carbamates (subject to hydrolysis) is 1. The van der Waals surface area contributed by atoms with E-state index in [0.717, 1.165) is 5.56 Å². The van der Waals surface area contributed by atoms with Crippen molar-refractivity contribution < 1.29 is 18.7 Å². The predicted molar refractivity (Wildman–Crippen MR) is 139 cm³/mol. The number of amides is 1. The highest BCUT2D eigenvalue weighted by atomic mass is 19.1. The maximum atomic E-state index is 14.9. The van der Waals surface area contributed by atoms with Crippen LogP contribution in [0.3, 0.4) is 0 Å². The molecule has 2 aromatic carbocycles. The average molecular weight is 513 g/mol. The number of hydrogen-bond acceptors (Lipinski definition) is 6. The van der Waals surface area contributed by atoms with E-state index in [-0.39, 0.29) is 12.6 Å². The van der Waals surface area contributed by atoms with Crippen LogP contribution in [0.25, 0.3) is 34.1 Å². The summed E-state index contributed by atoms with van der Waals surface area (Å²) < 4.78 is 29.7. The Hall–Kier alpha value is -4.73. The lowest BCUT2D eigenvalue weighted by molar-refractivity contribution is 0.0497. The van der Waals surface area contributed by atoms with Crippen LogP contribution in [0.5, 0.6) is 5.75 Å². The van der Waals surface area contributed by atoms with E-state index >= 15 is 0 Å². The van der Waals surface area contributed by atoms with Crippen LogP contribution in [0.15, 0.2) is 73.1 Å². The van der Waals surface area contributed by atoms with Crippen LogP contribution < -0.4 is 10.1 Å². The lowest BCUT2D eigenvalue weighted by Crippen LogP contribution is -2.35. The van der Waals surface area contributed by atoms with Crippen molar-refractivity contribution in [1.82, 2.24) is 29.6 Å². The van der Waals surface area contributed by atoms with E-state index in [4.69, 9.17) is 19.4 Å². The number of pyridine rings is 1. The minimum Gasteiger partial charge on any atom is -0.491 e. The topological polar surface area (TPSA) is 96.1 Å². The number of nitrogens with one attached hydrogen (secondary N) is 1. The second-order valence-corrected chi connectivity index (χ2v) is 9.95. The van der Waals surface area contributed by atoms with E-state index in [1.54, 1.807) is 39.8 Å². The van der Waals surface area contributed by atoms with Gasteiger partial charge in [-0.3, -0.25) is 4.57 Å². The maximum Gasteiger partial charge on any atom is 0.408 e. The lowest BCUT2D eigenvalue weighted by atomic mass is 10.1. The van der Waals surface area contributed by atoms with Gasteiger partial charge in [-0.2, -0.15) is 5.10 Å². The summed E-state index contributed by atoms with van der Waals surface area (Å²) in [6.07, 6.45) is 2.96. The molecule has 10 heteroatoms. The quantitative estimate of drug-likeness (QED) is 0.348. The molecular weight excluding hydrogens is 487 g/mol. The molecule has 6 rings (SSSR count). The minimum atomic E-state index is -0.607. The molecule has 1 atom stereocenters. The Balaban J connectivity index is 1.45. The van der Waals surface area contributed by atoms with Gasteiger partial charge in [0.2, 0.25) is 0 Å². The number of halogens is 1. The van der Waals surface area contributed by atoms with Crippen molar-refractivity contribution in [3.63, 3.8) is 0 Å². The summed E-state index contributed by atoms with van der Waals surface area (Å²) in [4.78, 5) is 21.9. The van der Waals surface area contributed by atoms with E-state index in [1.165, 1.54) is 6.07 Å². The number of aromatic nitrogens is 5. The van der Waals surface area contributed by atoms with Crippen LogP contribution in [0.1, 0.15) is 32.4 Å². The molecule has 0 saturated carbocycles. The van der Waals surface area contributed by atoms with E-state index < -0.39 is 17.5 Å². The van der Waals surface area contributed by atoms with Crippen LogP contribution in [-0.2, 0) is 4.74 Å². The largest absolute Gasteiger partial charge is 0.491 e. The summed E-state index contributed by atoms with van der Waals surface area (Å²) in [7, 11) is 0. The summed E-state index contributed by atoms with van der Waals surface area (Å²) in [5.74, 6) is 1.22. The fraction of sp³-hybridized carbons (Fsp3) is 0.214. The monoisotopic (exact) mass is 512 g/mol. The number of benzene rings is 2. The highest BCUT2D eigenvalue weighted by molar-refractivity contribution is 5.81. The number of carbonyl (C=O) groups is 1. The molecule has 4 heterocycles. The zero-order chi connectivity index (χ0) is 26.4. The summed E-state index contributed by atoms with van der Waals surface area (Å²) >= 11 is 0. The number of hydrogen-bond donors (Lipinski definition) is 1. The normalized spacial score (nSPS) is 14.8. The average Bonchev–Trinajstić information content (AvgIpc) is 3.61. The summed E-state index contributed by atoms with van der Waals surface area (Å²) in [6, 6.07) is 17.2. The van der Waals surface area contributed by atoms with Gasteiger partial charge in [0.1, 0.15) is 35.1 Å². The van der Waals surface area contributed by atoms with Crippen molar-refractivity contribution in [3.8, 4) is 28.6 Å². The molecule has 1 aliphatic rings. The first-order valence-electron chi connectivity index (χ1n) is 12.2. The van der Waals surface area contributed by atoms with E-state index in [1.807, 2.05) is 57.2 Å². The highest BCUT2D eigenvalue weighted by Crippen LogP contribution is 2.37. The van der Waals surface area contributed by atoms with Gasteiger partial charge in [-0.15, -0.1) is 0 Å². The third-order valence-corrected chi connectivity index (χ3v) is 6.07.